The van der Waals surface area contributed by atoms with Crippen molar-refractivity contribution in [2.75, 3.05) is 78.8 Å². The molecule has 1 saturated heterocycles. The number of nitrogens with zero attached hydrogens (tertiary/aromatic N) is 3. The SMILES string of the molecule is COCCCN1CCOc2ccc(CO[C@H]3CN[C@H](CC(C)(C)C(=O)N(C)C(=O)CCCO[N+](=O)[O-])C[C@@H]3c3ccc(COCCOC)cc3)cc21. The van der Waals surface area contributed by atoms with Gasteiger partial charge in [-0.2, -0.15) is 0 Å². The van der Waals surface area contributed by atoms with E-state index in [1.165, 1.54) is 7.05 Å². The van der Waals surface area contributed by atoms with Gasteiger partial charge in [0.15, 0.2) is 0 Å². The first-order chi connectivity index (χ1) is 25.0. The zero-order chi connectivity index (χ0) is 37.5. The van der Waals surface area contributed by atoms with Gasteiger partial charge in [0.1, 0.15) is 12.4 Å². The van der Waals surface area contributed by atoms with Crippen molar-refractivity contribution in [3.63, 3.8) is 0 Å². The van der Waals surface area contributed by atoms with E-state index < -0.39 is 16.4 Å². The van der Waals surface area contributed by atoms with Crippen molar-refractivity contribution in [1.82, 2.24) is 10.2 Å². The van der Waals surface area contributed by atoms with Crippen LogP contribution in [0, 0.1) is 15.5 Å². The van der Waals surface area contributed by atoms with Gasteiger partial charge in [0.05, 0.1) is 51.4 Å². The van der Waals surface area contributed by atoms with Crippen molar-refractivity contribution in [3.05, 3.63) is 69.3 Å². The number of hydrogen-bond acceptors (Lipinski definition) is 12. The zero-order valence-corrected chi connectivity index (χ0v) is 31.3. The Bertz CT molecular complexity index is 1440. The van der Waals surface area contributed by atoms with Crippen molar-refractivity contribution >= 4 is 17.5 Å². The molecule has 2 aliphatic heterocycles. The fourth-order valence-electron chi connectivity index (χ4n) is 6.89. The number of piperidine rings is 1. The second-order valence-electron chi connectivity index (χ2n) is 14.1. The highest BCUT2D eigenvalue weighted by Crippen LogP contribution is 2.37. The molecule has 0 unspecified atom stereocenters. The Morgan fingerprint density at radius 1 is 1.02 bits per heavy atom. The molecule has 0 radical (unpaired) electrons. The Kier molecular flexibility index (Phi) is 16.1. The number of nitrogens with one attached hydrogen (secondary N) is 1. The number of benzene rings is 2. The number of carbonyl (C=O) groups is 2. The molecule has 2 heterocycles. The molecule has 1 N–H and O–H groups in total. The lowest BCUT2D eigenvalue weighted by molar-refractivity contribution is -0.757. The van der Waals surface area contributed by atoms with E-state index in [0.29, 0.717) is 52.6 Å². The standard InChI is InChI=1S/C38H56N4O10/c1-38(2,37(44)40(3)36(43)8-6-18-52-42(45)46)24-31-23-32(30-12-9-28(10-13-30)26-49-21-20-48-5)35(25-39-31)51-27-29-11-14-34-33(22-29)41(16-19-50-34)15-7-17-47-4/h9-14,22,31-32,35,39H,6-8,15-21,23-27H2,1-5H3/t31-,32+,35-/m0/s1. The average Bonchev–Trinajstić information content (AvgIpc) is 3.14. The number of rotatable bonds is 21. The second kappa shape index (κ2) is 20.4. The number of fused-ring (bicyclic) bond motifs is 1. The summed E-state index contributed by atoms with van der Waals surface area (Å²) in [6.07, 6.45) is 2.16. The Balaban J connectivity index is 1.44. The minimum Gasteiger partial charge on any atom is -0.490 e. The van der Waals surface area contributed by atoms with E-state index in [0.717, 1.165) is 59.0 Å². The Morgan fingerprint density at radius 2 is 1.77 bits per heavy atom. The lowest BCUT2D eigenvalue weighted by atomic mass is 9.77. The molecule has 1 fully saturated rings. The summed E-state index contributed by atoms with van der Waals surface area (Å²) in [5.41, 5.74) is 3.51. The van der Waals surface area contributed by atoms with Gasteiger partial charge in [-0.05, 0) is 54.5 Å². The number of carbonyl (C=O) groups excluding carboxylic acids is 2. The van der Waals surface area contributed by atoms with Gasteiger partial charge in [-0.15, -0.1) is 10.1 Å². The summed E-state index contributed by atoms with van der Waals surface area (Å²) in [5, 5.41) is 13.2. The van der Waals surface area contributed by atoms with Crippen LogP contribution in [0.1, 0.15) is 68.6 Å². The van der Waals surface area contributed by atoms with Crippen LogP contribution in [0.2, 0.25) is 0 Å². The van der Waals surface area contributed by atoms with E-state index >= 15 is 0 Å². The molecule has 3 atom stereocenters. The molecule has 4 rings (SSSR count). The molecule has 0 bridgehead atoms. The van der Waals surface area contributed by atoms with E-state index in [1.54, 1.807) is 14.2 Å². The fraction of sp³-hybridized carbons (Fsp3) is 0.632. The molecule has 14 nitrogen and oxygen atoms in total. The lowest BCUT2D eigenvalue weighted by Crippen LogP contribution is -2.51. The third-order valence-electron chi connectivity index (χ3n) is 9.67. The smallest absolute Gasteiger partial charge is 0.294 e. The van der Waals surface area contributed by atoms with Crippen LogP contribution in [0.4, 0.5) is 5.69 Å². The minimum absolute atomic E-state index is 0.0144. The van der Waals surface area contributed by atoms with Crippen LogP contribution in [0.25, 0.3) is 0 Å². The summed E-state index contributed by atoms with van der Waals surface area (Å²) in [4.78, 5) is 44.5. The van der Waals surface area contributed by atoms with Crippen molar-refractivity contribution in [2.24, 2.45) is 5.41 Å². The largest absolute Gasteiger partial charge is 0.490 e. The molecule has 2 amide bonds. The number of imide groups is 1. The molecule has 288 valence electrons. The van der Waals surface area contributed by atoms with Crippen molar-refractivity contribution in [2.45, 2.75) is 77.2 Å². The monoisotopic (exact) mass is 728 g/mol. The van der Waals surface area contributed by atoms with Gasteiger partial charge in [0.25, 0.3) is 5.09 Å². The predicted molar refractivity (Wildman–Crippen MR) is 195 cm³/mol. The van der Waals surface area contributed by atoms with E-state index in [9.17, 15) is 19.7 Å². The summed E-state index contributed by atoms with van der Waals surface area (Å²) in [6.45, 7) is 9.16. The van der Waals surface area contributed by atoms with Gasteiger partial charge >= 0.3 is 0 Å². The molecule has 52 heavy (non-hydrogen) atoms. The number of hydrogen-bond donors (Lipinski definition) is 1. The van der Waals surface area contributed by atoms with Crippen LogP contribution < -0.4 is 15.0 Å². The lowest BCUT2D eigenvalue weighted by Gasteiger charge is -2.40. The second-order valence-corrected chi connectivity index (χ2v) is 14.1. The van der Waals surface area contributed by atoms with Crippen LogP contribution in [0.15, 0.2) is 42.5 Å². The van der Waals surface area contributed by atoms with Crippen LogP contribution in [-0.4, -0.2) is 108 Å². The fourth-order valence-corrected chi connectivity index (χ4v) is 6.89. The zero-order valence-electron chi connectivity index (χ0n) is 31.3. The van der Waals surface area contributed by atoms with Gasteiger partial charge in [0.2, 0.25) is 11.8 Å². The summed E-state index contributed by atoms with van der Waals surface area (Å²) in [7, 11) is 4.84. The van der Waals surface area contributed by atoms with Gasteiger partial charge in [0, 0.05) is 64.8 Å². The van der Waals surface area contributed by atoms with Gasteiger partial charge in [-0.25, -0.2) is 0 Å². The predicted octanol–water partition coefficient (Wildman–Crippen LogP) is 4.51. The quantitative estimate of drug-likeness (QED) is 0.110. The first-order valence-electron chi connectivity index (χ1n) is 18.1. The minimum atomic E-state index is -0.890. The van der Waals surface area contributed by atoms with Crippen molar-refractivity contribution in [3.8, 4) is 5.75 Å². The number of ether oxygens (including phenoxy) is 5. The molecule has 0 aliphatic carbocycles. The third kappa shape index (κ3) is 12.1. The molecule has 0 aromatic heterocycles. The molecule has 0 spiro atoms. The van der Waals surface area contributed by atoms with Crippen molar-refractivity contribution < 1.29 is 43.2 Å². The first-order valence-corrected chi connectivity index (χ1v) is 18.1. The summed E-state index contributed by atoms with van der Waals surface area (Å²) < 4.78 is 28.7. The third-order valence-corrected chi connectivity index (χ3v) is 9.67. The average molecular weight is 729 g/mol. The van der Waals surface area contributed by atoms with Crippen LogP contribution >= 0.6 is 0 Å². The number of anilines is 1. The van der Waals surface area contributed by atoms with E-state index in [4.69, 9.17) is 23.7 Å². The van der Waals surface area contributed by atoms with E-state index in [-0.39, 0.29) is 43.4 Å². The van der Waals surface area contributed by atoms with E-state index in [2.05, 4.69) is 51.5 Å². The van der Waals surface area contributed by atoms with E-state index in [1.807, 2.05) is 19.9 Å². The Morgan fingerprint density at radius 3 is 2.50 bits per heavy atom. The molecule has 2 aromatic carbocycles. The molecule has 2 aliphatic rings. The van der Waals surface area contributed by atoms with Crippen molar-refractivity contribution in [1.29, 1.82) is 0 Å². The maximum atomic E-state index is 13.5. The summed E-state index contributed by atoms with van der Waals surface area (Å²) in [6, 6.07) is 14.7. The molecule has 2 aromatic rings. The highest BCUT2D eigenvalue weighted by Gasteiger charge is 2.39. The topological polar surface area (TPSA) is 151 Å². The number of methoxy groups -OCH3 is 2. The Hall–Kier alpha value is -3.82. The summed E-state index contributed by atoms with van der Waals surface area (Å²) >= 11 is 0. The van der Waals surface area contributed by atoms with Crippen LogP contribution in [-0.2, 0) is 46.6 Å². The highest BCUT2D eigenvalue weighted by atomic mass is 16.9. The Labute approximate surface area is 307 Å². The maximum absolute atomic E-state index is 13.5. The molecular weight excluding hydrogens is 672 g/mol. The first kappa shape index (κ1) is 40.9. The van der Waals surface area contributed by atoms with Crippen LogP contribution in [0.3, 0.4) is 0 Å². The normalized spacial score (nSPS) is 18.7. The van der Waals surface area contributed by atoms with Gasteiger partial charge in [-0.3, -0.25) is 14.5 Å². The molecule has 0 saturated carbocycles. The highest BCUT2D eigenvalue weighted by molar-refractivity contribution is 5.97. The van der Waals surface area contributed by atoms with Gasteiger partial charge < -0.3 is 38.7 Å². The maximum Gasteiger partial charge on any atom is 0.294 e. The molecule has 14 heteroatoms. The number of amides is 2. The van der Waals surface area contributed by atoms with Gasteiger partial charge in [-0.1, -0.05) is 44.2 Å². The van der Waals surface area contributed by atoms with Crippen LogP contribution in [0.5, 0.6) is 5.75 Å². The summed E-state index contributed by atoms with van der Waals surface area (Å²) in [5.74, 6) is 0.237. The molecular formula is C38H56N4O10.